The lowest BCUT2D eigenvalue weighted by Crippen LogP contribution is -2.05. The average molecular weight is 508 g/mol. The van der Waals surface area contributed by atoms with E-state index in [0.717, 1.165) is 11.1 Å². The molecule has 0 saturated heterocycles. The summed E-state index contributed by atoms with van der Waals surface area (Å²) in [5, 5.41) is 58.5. The first-order valence-electron chi connectivity index (χ1n) is 11.3. The summed E-state index contributed by atoms with van der Waals surface area (Å²) in [6.07, 6.45) is 0. The number of aryl methyl sites for hydroxylation is 2. The first-order valence-corrected chi connectivity index (χ1v) is 11.3. The van der Waals surface area contributed by atoms with E-state index in [-0.39, 0.29) is 33.6 Å². The molecule has 10 nitrogen and oxygen atoms in total. The molecule has 0 spiro atoms. The van der Waals surface area contributed by atoms with Gasteiger partial charge in [0, 0.05) is 0 Å². The van der Waals surface area contributed by atoms with Crippen LogP contribution in [0.4, 0.5) is 22.7 Å². The molecule has 4 aromatic carbocycles. The van der Waals surface area contributed by atoms with Crippen molar-refractivity contribution in [3.63, 3.8) is 0 Å². The summed E-state index contributed by atoms with van der Waals surface area (Å²) in [4.78, 5) is 22.5. The molecule has 0 bridgehead atoms. The molecule has 0 radical (unpaired) electrons. The first-order chi connectivity index (χ1) is 18.1. The van der Waals surface area contributed by atoms with Crippen LogP contribution in [0.5, 0.6) is 11.5 Å². The van der Waals surface area contributed by atoms with Gasteiger partial charge in [-0.2, -0.15) is 20.5 Å². The molecule has 0 heterocycles. The van der Waals surface area contributed by atoms with Gasteiger partial charge in [-0.1, -0.05) is 46.9 Å². The number of hydrogen-bond acceptors (Lipinski definition) is 8. The maximum atomic E-state index is 11.9. The van der Waals surface area contributed by atoms with Gasteiger partial charge in [-0.3, -0.25) is 0 Å². The van der Waals surface area contributed by atoms with Crippen LogP contribution in [0.2, 0.25) is 0 Å². The Hall–Kier alpha value is -5.38. The van der Waals surface area contributed by atoms with Crippen molar-refractivity contribution in [3.05, 3.63) is 95.1 Å². The van der Waals surface area contributed by atoms with Crippen LogP contribution < -0.4 is 10.2 Å². The van der Waals surface area contributed by atoms with Gasteiger partial charge in [0.25, 0.3) is 0 Å². The molecular formula is C28H20N4O6-2. The van der Waals surface area contributed by atoms with E-state index in [1.807, 2.05) is 24.3 Å². The summed E-state index contributed by atoms with van der Waals surface area (Å²) in [5.74, 6) is -3.72. The van der Waals surface area contributed by atoms with Crippen molar-refractivity contribution in [1.82, 2.24) is 0 Å². The minimum atomic E-state index is -1.31. The molecule has 0 saturated carbocycles. The smallest absolute Gasteiger partial charge is 0.335 e. The van der Waals surface area contributed by atoms with E-state index in [4.69, 9.17) is 0 Å². The van der Waals surface area contributed by atoms with Gasteiger partial charge < -0.3 is 20.4 Å². The predicted molar refractivity (Wildman–Crippen MR) is 135 cm³/mol. The number of rotatable bonds is 7. The van der Waals surface area contributed by atoms with E-state index in [9.17, 15) is 30.0 Å². The van der Waals surface area contributed by atoms with Crippen molar-refractivity contribution in [2.24, 2.45) is 20.5 Å². The Morgan fingerprint density at radius 2 is 0.868 bits per heavy atom. The molecule has 4 rings (SSSR count). The zero-order chi connectivity index (χ0) is 27.4. The zero-order valence-electron chi connectivity index (χ0n) is 20.2. The molecule has 10 heteroatoms. The molecule has 0 aliphatic carbocycles. The zero-order valence-corrected chi connectivity index (χ0v) is 20.2. The van der Waals surface area contributed by atoms with Crippen LogP contribution in [0, 0.1) is 13.8 Å². The van der Waals surface area contributed by atoms with Gasteiger partial charge in [0.15, 0.2) is 0 Å². The second-order valence-corrected chi connectivity index (χ2v) is 8.38. The van der Waals surface area contributed by atoms with Gasteiger partial charge in [0.2, 0.25) is 0 Å². The minimum Gasteiger partial charge on any atom is -0.872 e. The lowest BCUT2D eigenvalue weighted by molar-refractivity contribution is -0.270. The standard InChI is InChI=1S/C28H22N4O6/c1-15-11-21(13-23(25(15)33)27(35)36)31-29-19-7-3-17(4-8-19)18-5-9-20(10-6-18)30-32-22-12-16(2)26(34)24(14-22)28(37)38/h3-14,33-34H,1-2H3,(H,35,36)(H,37,38)/p-2. The van der Waals surface area contributed by atoms with Crippen LogP contribution in [0.25, 0.3) is 11.1 Å². The predicted octanol–water partition coefficient (Wildman–Crippen LogP) is 6.34. The van der Waals surface area contributed by atoms with Crippen LogP contribution in [0.15, 0.2) is 93.3 Å². The largest absolute Gasteiger partial charge is 0.872 e. The normalized spacial score (nSPS) is 11.3. The fourth-order valence-corrected chi connectivity index (χ4v) is 3.61. The van der Waals surface area contributed by atoms with Gasteiger partial charge >= 0.3 is 11.9 Å². The van der Waals surface area contributed by atoms with Gasteiger partial charge in [-0.25, -0.2) is 9.59 Å². The fraction of sp³-hybridized carbons (Fsp3) is 0.0714. The minimum absolute atomic E-state index is 0.270. The van der Waals surface area contributed by atoms with Crippen LogP contribution >= 0.6 is 0 Å². The summed E-state index contributed by atoms with van der Waals surface area (Å²) >= 11 is 0. The number of carbonyl (C=O) groups is 2. The van der Waals surface area contributed by atoms with Crippen LogP contribution in [-0.4, -0.2) is 22.2 Å². The van der Waals surface area contributed by atoms with E-state index in [2.05, 4.69) is 20.5 Å². The van der Waals surface area contributed by atoms with Crippen LogP contribution in [0.1, 0.15) is 31.8 Å². The van der Waals surface area contributed by atoms with E-state index in [1.54, 1.807) is 24.3 Å². The number of carboxylic acid groups (broad SMARTS) is 2. The van der Waals surface area contributed by atoms with Crippen LogP contribution in [0.3, 0.4) is 0 Å². The van der Waals surface area contributed by atoms with E-state index in [0.29, 0.717) is 11.4 Å². The second kappa shape index (κ2) is 10.7. The number of azo groups is 2. The molecule has 190 valence electrons. The maximum absolute atomic E-state index is 11.9. The summed E-state index contributed by atoms with van der Waals surface area (Å²) in [5.41, 5.74) is 3.28. The Labute approximate surface area is 216 Å². The molecule has 0 aliphatic heterocycles. The van der Waals surface area contributed by atoms with Crippen molar-refractivity contribution in [3.8, 4) is 22.6 Å². The van der Waals surface area contributed by atoms with Crippen molar-refractivity contribution in [2.45, 2.75) is 13.8 Å². The Morgan fingerprint density at radius 3 is 1.18 bits per heavy atom. The van der Waals surface area contributed by atoms with E-state index in [1.165, 1.54) is 38.1 Å². The number of nitrogens with zero attached hydrogens (tertiary/aromatic N) is 4. The van der Waals surface area contributed by atoms with Crippen LogP contribution in [-0.2, 0) is 0 Å². The summed E-state index contributed by atoms with van der Waals surface area (Å²) in [6, 6.07) is 19.7. The molecule has 2 N–H and O–H groups in total. The third kappa shape index (κ3) is 5.71. The molecule has 0 unspecified atom stereocenters. The maximum Gasteiger partial charge on any atom is 0.335 e. The second-order valence-electron chi connectivity index (χ2n) is 8.38. The highest BCUT2D eigenvalue weighted by molar-refractivity contribution is 5.92. The van der Waals surface area contributed by atoms with Gasteiger partial charge in [-0.15, -0.1) is 0 Å². The Balaban J connectivity index is 1.47. The van der Waals surface area contributed by atoms with E-state index < -0.39 is 23.4 Å². The highest BCUT2D eigenvalue weighted by Gasteiger charge is 2.09. The van der Waals surface area contributed by atoms with E-state index >= 15 is 0 Å². The SMILES string of the molecule is Cc1cc(N=Nc2ccc(-c3ccc(N=Nc4cc(C)c([O-])c(C(=O)O)c4)cc3)cc2)cc(C(=O)O)c1[O-]. The molecule has 0 amide bonds. The summed E-state index contributed by atoms with van der Waals surface area (Å²) in [6.45, 7) is 3.05. The molecule has 0 atom stereocenters. The lowest BCUT2D eigenvalue weighted by atomic mass is 10.1. The van der Waals surface area contributed by atoms with Crippen molar-refractivity contribution in [2.75, 3.05) is 0 Å². The first kappa shape index (κ1) is 25.7. The number of benzene rings is 4. The number of hydrogen-bond donors (Lipinski definition) is 2. The molecule has 38 heavy (non-hydrogen) atoms. The monoisotopic (exact) mass is 508 g/mol. The summed E-state index contributed by atoms with van der Waals surface area (Å²) < 4.78 is 0. The number of carboxylic acids is 2. The van der Waals surface area contributed by atoms with Gasteiger partial charge in [0.05, 0.1) is 33.9 Å². The average Bonchev–Trinajstić information content (AvgIpc) is 2.90. The lowest BCUT2D eigenvalue weighted by Gasteiger charge is -2.14. The highest BCUT2D eigenvalue weighted by atomic mass is 16.4. The van der Waals surface area contributed by atoms with Gasteiger partial charge in [-0.05, 0) is 73.5 Å². The fourth-order valence-electron chi connectivity index (χ4n) is 3.61. The third-order valence-electron chi connectivity index (χ3n) is 5.61. The molecule has 4 aromatic rings. The van der Waals surface area contributed by atoms with Crippen molar-refractivity contribution >= 4 is 34.7 Å². The molecular weight excluding hydrogens is 488 g/mol. The van der Waals surface area contributed by atoms with Crippen molar-refractivity contribution in [1.29, 1.82) is 0 Å². The summed E-state index contributed by atoms with van der Waals surface area (Å²) in [7, 11) is 0. The van der Waals surface area contributed by atoms with Crippen molar-refractivity contribution < 1.29 is 30.0 Å². The topological polar surface area (TPSA) is 170 Å². The Kier molecular flexibility index (Phi) is 7.24. The Bertz CT molecular complexity index is 1470. The highest BCUT2D eigenvalue weighted by Crippen LogP contribution is 2.30. The molecule has 0 aromatic heterocycles. The quantitative estimate of drug-likeness (QED) is 0.276. The molecule has 0 fully saturated rings. The molecule has 0 aliphatic rings. The third-order valence-corrected chi connectivity index (χ3v) is 5.61. The Morgan fingerprint density at radius 1 is 0.553 bits per heavy atom. The van der Waals surface area contributed by atoms with Gasteiger partial charge in [0.1, 0.15) is 0 Å². The number of aromatic carboxylic acids is 2.